The van der Waals surface area contributed by atoms with E-state index in [2.05, 4.69) is 4.98 Å². The minimum atomic E-state index is -0.986. The van der Waals surface area contributed by atoms with Gasteiger partial charge in [0.25, 0.3) is 17.4 Å². The largest absolute Gasteiger partial charge is 0.507 e. The monoisotopic (exact) mass is 415 g/mol. The average Bonchev–Trinajstić information content (AvgIpc) is 3.05. The van der Waals surface area contributed by atoms with Crippen LogP contribution < -0.4 is 0 Å². The van der Waals surface area contributed by atoms with E-state index < -0.39 is 22.7 Å². The molecular weight excluding hydrogens is 398 g/mol. The van der Waals surface area contributed by atoms with Crippen molar-refractivity contribution in [3.05, 3.63) is 112 Å². The average molecular weight is 415 g/mol. The summed E-state index contributed by atoms with van der Waals surface area (Å²) in [5.41, 5.74) is 1.12. The number of aromatic nitrogens is 1. The van der Waals surface area contributed by atoms with Crippen LogP contribution in [0.2, 0.25) is 0 Å². The minimum Gasteiger partial charge on any atom is -0.507 e. The van der Waals surface area contributed by atoms with Crippen molar-refractivity contribution in [1.82, 2.24) is 9.88 Å². The van der Waals surface area contributed by atoms with Gasteiger partial charge in [0, 0.05) is 36.6 Å². The highest BCUT2D eigenvalue weighted by molar-refractivity contribution is 6.46. The third kappa shape index (κ3) is 3.78. The molecule has 0 radical (unpaired) electrons. The normalized spacial score (nSPS) is 17.7. The number of aliphatic hydroxyl groups excluding tert-OH is 1. The Labute approximate surface area is 177 Å². The van der Waals surface area contributed by atoms with Crippen LogP contribution in [0.5, 0.6) is 0 Å². The smallest absolute Gasteiger partial charge is 0.295 e. The minimum absolute atomic E-state index is 0.0529. The maximum absolute atomic E-state index is 13.0. The summed E-state index contributed by atoms with van der Waals surface area (Å²) in [6, 6.07) is 16.6. The maximum Gasteiger partial charge on any atom is 0.295 e. The summed E-state index contributed by atoms with van der Waals surface area (Å²) in [6.07, 6.45) is 3.16. The second kappa shape index (κ2) is 8.19. The van der Waals surface area contributed by atoms with E-state index in [0.717, 1.165) is 0 Å². The van der Waals surface area contributed by atoms with E-state index >= 15 is 0 Å². The summed E-state index contributed by atoms with van der Waals surface area (Å²) >= 11 is 0. The molecule has 4 rings (SSSR count). The predicted octanol–water partition coefficient (Wildman–Crippen LogP) is 3.61. The van der Waals surface area contributed by atoms with Crippen LogP contribution in [0.1, 0.15) is 22.7 Å². The number of pyridine rings is 1. The Morgan fingerprint density at radius 1 is 1.06 bits per heavy atom. The van der Waals surface area contributed by atoms with Gasteiger partial charge in [0.15, 0.2) is 0 Å². The summed E-state index contributed by atoms with van der Waals surface area (Å²) in [5, 5.41) is 22.2. The number of nitrogens with zero attached hydrogens (tertiary/aromatic N) is 3. The van der Waals surface area contributed by atoms with E-state index in [1.54, 1.807) is 60.9 Å². The molecule has 154 valence electrons. The summed E-state index contributed by atoms with van der Waals surface area (Å²) in [4.78, 5) is 42.0. The Kier molecular flexibility index (Phi) is 5.28. The van der Waals surface area contributed by atoms with Gasteiger partial charge in [-0.05, 0) is 17.2 Å². The van der Waals surface area contributed by atoms with Crippen LogP contribution in [0.25, 0.3) is 5.76 Å². The van der Waals surface area contributed by atoms with E-state index in [4.69, 9.17) is 0 Å². The van der Waals surface area contributed by atoms with E-state index in [0.29, 0.717) is 16.7 Å². The van der Waals surface area contributed by atoms with Gasteiger partial charge < -0.3 is 10.0 Å². The van der Waals surface area contributed by atoms with Crippen molar-refractivity contribution in [2.75, 3.05) is 0 Å². The van der Waals surface area contributed by atoms with Gasteiger partial charge in [0.1, 0.15) is 5.76 Å². The van der Waals surface area contributed by atoms with Gasteiger partial charge in [-0.2, -0.15) is 0 Å². The number of benzene rings is 2. The number of non-ortho nitro benzene ring substituents is 1. The number of hydrogen-bond donors (Lipinski definition) is 1. The van der Waals surface area contributed by atoms with Crippen molar-refractivity contribution in [3.8, 4) is 0 Å². The molecular formula is C23H17N3O5. The number of amides is 1. The maximum atomic E-state index is 13.0. The molecule has 8 nitrogen and oxygen atoms in total. The Balaban J connectivity index is 1.89. The lowest BCUT2D eigenvalue weighted by Crippen LogP contribution is -2.29. The number of carbonyl (C=O) groups excluding carboxylic acids is 2. The predicted molar refractivity (Wildman–Crippen MR) is 112 cm³/mol. The van der Waals surface area contributed by atoms with Crippen molar-refractivity contribution in [3.63, 3.8) is 0 Å². The van der Waals surface area contributed by atoms with Crippen molar-refractivity contribution >= 4 is 23.1 Å². The highest BCUT2D eigenvalue weighted by atomic mass is 16.6. The second-order valence-corrected chi connectivity index (χ2v) is 7.01. The zero-order valence-corrected chi connectivity index (χ0v) is 16.2. The molecule has 2 heterocycles. The van der Waals surface area contributed by atoms with Crippen LogP contribution in [-0.2, 0) is 16.1 Å². The quantitative estimate of drug-likeness (QED) is 0.224. The van der Waals surface area contributed by atoms with Gasteiger partial charge in [0.2, 0.25) is 0 Å². The summed E-state index contributed by atoms with van der Waals surface area (Å²) in [5.74, 6) is -1.97. The molecule has 3 aromatic rings. The first-order chi connectivity index (χ1) is 15.0. The van der Waals surface area contributed by atoms with Gasteiger partial charge in [-0.1, -0.05) is 48.5 Å². The van der Waals surface area contributed by atoms with Crippen molar-refractivity contribution in [2.24, 2.45) is 0 Å². The molecule has 31 heavy (non-hydrogen) atoms. The number of aliphatic hydroxyl groups is 1. The molecule has 1 aliphatic heterocycles. The first-order valence-electron chi connectivity index (χ1n) is 9.44. The molecule has 0 aliphatic carbocycles. The third-order valence-electron chi connectivity index (χ3n) is 5.06. The van der Waals surface area contributed by atoms with Gasteiger partial charge in [-0.25, -0.2) is 0 Å². The topological polar surface area (TPSA) is 114 Å². The van der Waals surface area contributed by atoms with E-state index in [-0.39, 0.29) is 23.6 Å². The molecule has 1 atom stereocenters. The van der Waals surface area contributed by atoms with Gasteiger partial charge in [-0.15, -0.1) is 0 Å². The molecule has 0 bridgehead atoms. The highest BCUT2D eigenvalue weighted by Crippen LogP contribution is 2.40. The fourth-order valence-corrected chi connectivity index (χ4v) is 3.64. The molecule has 1 aromatic heterocycles. The molecule has 2 aromatic carbocycles. The van der Waals surface area contributed by atoms with Crippen LogP contribution in [0.15, 0.2) is 84.7 Å². The molecule has 1 amide bonds. The fourth-order valence-electron chi connectivity index (χ4n) is 3.64. The number of nitro benzene ring substituents is 1. The zero-order valence-electron chi connectivity index (χ0n) is 16.2. The number of hydrogen-bond acceptors (Lipinski definition) is 6. The zero-order chi connectivity index (χ0) is 22.0. The summed E-state index contributed by atoms with van der Waals surface area (Å²) < 4.78 is 0. The number of carbonyl (C=O) groups is 2. The Morgan fingerprint density at radius 3 is 2.52 bits per heavy atom. The standard InChI is InChI=1S/C23H17N3O5/c27-21(16-7-2-1-3-8-16)19-20(17-9-4-10-18(12-17)26(30)31)25(23(29)22(19)28)14-15-6-5-11-24-13-15/h1-13,20,27H,14H2/t20-/m0/s1. The van der Waals surface area contributed by atoms with E-state index in [1.165, 1.54) is 23.1 Å². The highest BCUT2D eigenvalue weighted by Gasteiger charge is 2.46. The second-order valence-electron chi connectivity index (χ2n) is 7.01. The van der Waals surface area contributed by atoms with Gasteiger partial charge in [-0.3, -0.25) is 24.7 Å². The lowest BCUT2D eigenvalue weighted by Gasteiger charge is -2.25. The molecule has 1 saturated heterocycles. The van der Waals surface area contributed by atoms with Crippen molar-refractivity contribution in [1.29, 1.82) is 0 Å². The van der Waals surface area contributed by atoms with Gasteiger partial charge in [0.05, 0.1) is 16.5 Å². The van der Waals surface area contributed by atoms with Crippen molar-refractivity contribution < 1.29 is 19.6 Å². The molecule has 1 fully saturated rings. The van der Waals surface area contributed by atoms with Crippen LogP contribution >= 0.6 is 0 Å². The number of nitro groups is 1. The van der Waals surface area contributed by atoms with Crippen molar-refractivity contribution in [2.45, 2.75) is 12.6 Å². The first kappa shape index (κ1) is 20.0. The molecule has 0 saturated carbocycles. The number of rotatable bonds is 5. The Hall–Kier alpha value is -4.33. The summed E-state index contributed by atoms with van der Waals surface area (Å²) in [6.45, 7) is 0.0529. The lowest BCUT2D eigenvalue weighted by molar-refractivity contribution is -0.384. The molecule has 1 aliphatic rings. The SMILES string of the molecule is O=C1C(=O)N(Cc2cccnc2)[C@@H](c2cccc([N+](=O)[O-])c2)C1=C(O)c1ccccc1. The van der Waals surface area contributed by atoms with Crippen LogP contribution in [0.3, 0.4) is 0 Å². The first-order valence-corrected chi connectivity index (χ1v) is 9.44. The fraction of sp³-hybridized carbons (Fsp3) is 0.0870. The van der Waals surface area contributed by atoms with E-state index in [9.17, 15) is 24.8 Å². The Bertz CT molecular complexity index is 1190. The number of Topliss-reactive ketones (excluding diaryl/α,β-unsaturated/α-hetero) is 1. The van der Waals surface area contributed by atoms with Crippen LogP contribution in [0, 0.1) is 10.1 Å². The number of ketones is 1. The van der Waals surface area contributed by atoms with Crippen LogP contribution in [-0.4, -0.2) is 31.6 Å². The van der Waals surface area contributed by atoms with E-state index in [1.807, 2.05) is 0 Å². The lowest BCUT2D eigenvalue weighted by atomic mass is 9.95. The molecule has 0 unspecified atom stereocenters. The molecule has 8 heteroatoms. The van der Waals surface area contributed by atoms with Crippen LogP contribution in [0.4, 0.5) is 5.69 Å². The summed E-state index contributed by atoms with van der Waals surface area (Å²) in [7, 11) is 0. The Morgan fingerprint density at radius 2 is 1.84 bits per heavy atom. The molecule has 0 spiro atoms. The van der Waals surface area contributed by atoms with Gasteiger partial charge >= 0.3 is 0 Å². The molecule has 1 N–H and O–H groups in total. The number of likely N-dealkylation sites (tertiary alicyclic amines) is 1. The third-order valence-corrected chi connectivity index (χ3v) is 5.06.